The molecule has 1 aliphatic rings. The average molecular weight is 241 g/mol. The molecule has 0 atom stereocenters. The Balaban J connectivity index is 1.92. The zero-order valence-electron chi connectivity index (χ0n) is 9.22. The van der Waals surface area contributed by atoms with Crippen LogP contribution in [0.4, 0.5) is 5.13 Å². The van der Waals surface area contributed by atoms with Crippen molar-refractivity contribution in [2.75, 3.05) is 37.7 Å². The van der Waals surface area contributed by atoms with Crippen LogP contribution in [0.1, 0.15) is 5.69 Å². The minimum atomic E-state index is -0.392. The predicted octanol–water partition coefficient (Wildman–Crippen LogP) is 0.0924. The highest BCUT2D eigenvalue weighted by molar-refractivity contribution is 7.13. The summed E-state index contributed by atoms with van der Waals surface area (Å²) in [7, 11) is 0. The molecule has 88 valence electrons. The van der Waals surface area contributed by atoms with Gasteiger partial charge in [-0.15, -0.1) is 11.3 Å². The van der Waals surface area contributed by atoms with Crippen LogP contribution in [0, 0.1) is 6.92 Å². The summed E-state index contributed by atoms with van der Waals surface area (Å²) in [5.74, 6) is -0.185. The highest BCUT2D eigenvalue weighted by Gasteiger charge is 2.21. The van der Waals surface area contributed by atoms with Crippen LogP contribution in [-0.4, -0.2) is 53.7 Å². The van der Waals surface area contributed by atoms with Crippen LogP contribution in [0.25, 0.3) is 0 Å². The van der Waals surface area contributed by atoms with Crippen molar-refractivity contribution in [3.05, 3.63) is 11.1 Å². The monoisotopic (exact) mass is 241 g/mol. The molecule has 6 heteroatoms. The van der Waals surface area contributed by atoms with Crippen molar-refractivity contribution >= 4 is 22.4 Å². The maximum absolute atomic E-state index is 11.3. The van der Waals surface area contributed by atoms with Crippen LogP contribution in [-0.2, 0) is 4.79 Å². The smallest absolute Gasteiger partial charge is 0.248 e. The fourth-order valence-corrected chi connectivity index (χ4v) is 2.59. The van der Waals surface area contributed by atoms with Gasteiger partial charge in [0.2, 0.25) is 5.91 Å². The Kier molecular flexibility index (Phi) is 3.40. The summed E-state index contributed by atoms with van der Waals surface area (Å²) in [5, 5.41) is 11.8. The number of aryl methyl sites for hydroxylation is 1. The van der Waals surface area contributed by atoms with Gasteiger partial charge in [-0.3, -0.25) is 4.79 Å². The molecule has 0 saturated carbocycles. The van der Waals surface area contributed by atoms with Gasteiger partial charge in [-0.1, -0.05) is 0 Å². The molecule has 1 aromatic rings. The van der Waals surface area contributed by atoms with Gasteiger partial charge in [0, 0.05) is 31.6 Å². The van der Waals surface area contributed by atoms with Gasteiger partial charge in [0.05, 0.1) is 5.69 Å². The van der Waals surface area contributed by atoms with E-state index in [9.17, 15) is 4.79 Å². The summed E-state index contributed by atoms with van der Waals surface area (Å²) in [4.78, 5) is 19.5. The summed E-state index contributed by atoms with van der Waals surface area (Å²) in [6.45, 7) is 4.50. The first-order valence-corrected chi connectivity index (χ1v) is 6.14. The van der Waals surface area contributed by atoms with Crippen molar-refractivity contribution in [2.45, 2.75) is 6.92 Å². The Bertz CT molecular complexity index is 372. The standard InChI is InChI=1S/C10H15N3O2S/c1-8-7-16-10(11-8)13-4-2-12(3-5-13)9(15)6-14/h7,14H,2-6H2,1H3. The highest BCUT2D eigenvalue weighted by Crippen LogP contribution is 2.21. The molecule has 1 N–H and O–H groups in total. The number of piperazine rings is 1. The van der Waals surface area contributed by atoms with Crippen molar-refractivity contribution in [1.82, 2.24) is 9.88 Å². The van der Waals surface area contributed by atoms with Gasteiger partial charge in [0.1, 0.15) is 6.61 Å². The largest absolute Gasteiger partial charge is 0.387 e. The molecule has 1 aromatic heterocycles. The van der Waals surface area contributed by atoms with E-state index in [1.807, 2.05) is 12.3 Å². The average Bonchev–Trinajstić information content (AvgIpc) is 2.75. The fourth-order valence-electron chi connectivity index (χ4n) is 1.73. The first-order valence-electron chi connectivity index (χ1n) is 5.26. The number of thiazole rings is 1. The lowest BCUT2D eigenvalue weighted by molar-refractivity contribution is -0.134. The van der Waals surface area contributed by atoms with E-state index in [0.717, 1.165) is 23.9 Å². The molecule has 0 bridgehead atoms. The van der Waals surface area contributed by atoms with Crippen LogP contribution in [0.15, 0.2) is 5.38 Å². The SMILES string of the molecule is Cc1csc(N2CCN(C(=O)CO)CC2)n1. The van der Waals surface area contributed by atoms with E-state index in [2.05, 4.69) is 9.88 Å². The van der Waals surface area contributed by atoms with Crippen molar-refractivity contribution in [3.63, 3.8) is 0 Å². The van der Waals surface area contributed by atoms with Crippen molar-refractivity contribution in [3.8, 4) is 0 Å². The number of aromatic nitrogens is 1. The van der Waals surface area contributed by atoms with Crippen molar-refractivity contribution in [2.24, 2.45) is 0 Å². The molecule has 2 heterocycles. The van der Waals surface area contributed by atoms with Gasteiger partial charge in [-0.25, -0.2) is 4.98 Å². The maximum atomic E-state index is 11.3. The number of anilines is 1. The molecule has 0 radical (unpaired) electrons. The van der Waals surface area contributed by atoms with Crippen molar-refractivity contribution in [1.29, 1.82) is 0 Å². The van der Waals surface area contributed by atoms with Gasteiger partial charge in [0.25, 0.3) is 0 Å². The second kappa shape index (κ2) is 4.80. The first-order chi connectivity index (χ1) is 7.70. The predicted molar refractivity (Wildman–Crippen MR) is 62.7 cm³/mol. The third kappa shape index (κ3) is 2.33. The number of rotatable bonds is 2. The van der Waals surface area contributed by atoms with Crippen LogP contribution in [0.5, 0.6) is 0 Å². The normalized spacial score (nSPS) is 16.6. The van der Waals surface area contributed by atoms with E-state index < -0.39 is 6.61 Å². The topological polar surface area (TPSA) is 56.7 Å². The molecule has 1 saturated heterocycles. The van der Waals surface area contributed by atoms with Gasteiger partial charge in [0.15, 0.2) is 5.13 Å². The van der Waals surface area contributed by atoms with Crippen LogP contribution in [0.3, 0.4) is 0 Å². The van der Waals surface area contributed by atoms with Gasteiger partial charge >= 0.3 is 0 Å². The number of aliphatic hydroxyl groups is 1. The van der Waals surface area contributed by atoms with Gasteiger partial charge < -0.3 is 14.9 Å². The Morgan fingerprint density at radius 2 is 2.19 bits per heavy atom. The summed E-state index contributed by atoms with van der Waals surface area (Å²) < 4.78 is 0. The molecule has 1 amide bonds. The summed E-state index contributed by atoms with van der Waals surface area (Å²) >= 11 is 1.63. The molecule has 0 spiro atoms. The highest BCUT2D eigenvalue weighted by atomic mass is 32.1. The molecular weight excluding hydrogens is 226 g/mol. The molecule has 1 aliphatic heterocycles. The van der Waals surface area contributed by atoms with E-state index in [4.69, 9.17) is 5.11 Å². The Hall–Kier alpha value is -1.14. The summed E-state index contributed by atoms with van der Waals surface area (Å²) in [6.07, 6.45) is 0. The quantitative estimate of drug-likeness (QED) is 0.797. The van der Waals surface area contributed by atoms with Crippen LogP contribution in [0.2, 0.25) is 0 Å². The van der Waals surface area contributed by atoms with Crippen molar-refractivity contribution < 1.29 is 9.90 Å². The lowest BCUT2D eigenvalue weighted by atomic mass is 10.3. The molecule has 1 fully saturated rings. The number of amides is 1. The minimum absolute atomic E-state index is 0.185. The van der Waals surface area contributed by atoms with E-state index >= 15 is 0 Å². The third-order valence-corrected chi connectivity index (χ3v) is 3.66. The summed E-state index contributed by atoms with van der Waals surface area (Å²) in [6, 6.07) is 0. The number of carbonyl (C=O) groups excluding carboxylic acids is 1. The number of carbonyl (C=O) groups is 1. The van der Waals surface area contributed by atoms with Crippen LogP contribution < -0.4 is 4.90 Å². The molecule has 5 nitrogen and oxygen atoms in total. The lowest BCUT2D eigenvalue weighted by Gasteiger charge is -2.34. The van der Waals surface area contributed by atoms with Gasteiger partial charge in [-0.05, 0) is 6.92 Å². The zero-order valence-corrected chi connectivity index (χ0v) is 10.0. The number of hydrogen-bond acceptors (Lipinski definition) is 5. The molecular formula is C10H15N3O2S. The molecule has 0 aromatic carbocycles. The maximum Gasteiger partial charge on any atom is 0.248 e. The molecule has 2 rings (SSSR count). The van der Waals surface area contributed by atoms with E-state index in [1.165, 1.54) is 0 Å². The minimum Gasteiger partial charge on any atom is -0.387 e. The number of nitrogens with zero attached hydrogens (tertiary/aromatic N) is 3. The van der Waals surface area contributed by atoms with Crippen LogP contribution >= 0.6 is 11.3 Å². The van der Waals surface area contributed by atoms with E-state index in [-0.39, 0.29) is 5.91 Å². The molecule has 0 aliphatic carbocycles. The number of hydrogen-bond donors (Lipinski definition) is 1. The Labute approximate surface area is 98.3 Å². The zero-order chi connectivity index (χ0) is 11.5. The molecule has 0 unspecified atom stereocenters. The van der Waals surface area contributed by atoms with E-state index in [0.29, 0.717) is 13.1 Å². The lowest BCUT2D eigenvalue weighted by Crippen LogP contribution is -2.49. The second-order valence-electron chi connectivity index (χ2n) is 3.80. The number of aliphatic hydroxyl groups excluding tert-OH is 1. The molecule has 16 heavy (non-hydrogen) atoms. The van der Waals surface area contributed by atoms with E-state index in [1.54, 1.807) is 16.2 Å². The fraction of sp³-hybridized carbons (Fsp3) is 0.600. The third-order valence-electron chi connectivity index (χ3n) is 2.65. The first kappa shape index (κ1) is 11.3. The van der Waals surface area contributed by atoms with Gasteiger partial charge in [-0.2, -0.15) is 0 Å². The Morgan fingerprint density at radius 1 is 1.50 bits per heavy atom. The summed E-state index contributed by atoms with van der Waals surface area (Å²) in [5.41, 5.74) is 1.04. The second-order valence-corrected chi connectivity index (χ2v) is 4.63. The Morgan fingerprint density at radius 3 is 2.69 bits per heavy atom.